The lowest BCUT2D eigenvalue weighted by molar-refractivity contribution is -0.138. The molecule has 0 unspecified atom stereocenters. The van der Waals surface area contributed by atoms with Gasteiger partial charge in [0.05, 0.1) is 37.6 Å². The van der Waals surface area contributed by atoms with Gasteiger partial charge in [0.25, 0.3) is 0 Å². The molecule has 0 amide bonds. The molecule has 13 nitrogen and oxygen atoms in total. The average molecular weight is 711 g/mol. The molecule has 3 N–H and O–H groups in total. The van der Waals surface area contributed by atoms with Gasteiger partial charge >= 0.3 is 35.8 Å². The molecule has 3 aromatic rings. The molecule has 0 bridgehead atoms. The SMILES string of the molecule is Cc1cc(CCOc2ccccc2C(=O)OCCCC(=O)O)cc(Cc2cc(C(=O)OCCCC(=O)O)ccc2F)c1C(=O)OCCCC(=O)O. The van der Waals surface area contributed by atoms with E-state index in [4.69, 9.17) is 34.3 Å². The summed E-state index contributed by atoms with van der Waals surface area (Å²) in [6.45, 7) is 1.38. The van der Waals surface area contributed by atoms with E-state index in [1.54, 1.807) is 37.3 Å². The summed E-state index contributed by atoms with van der Waals surface area (Å²) in [4.78, 5) is 70.8. The van der Waals surface area contributed by atoms with Crippen molar-refractivity contribution in [3.05, 3.63) is 99.4 Å². The third kappa shape index (κ3) is 13.2. The summed E-state index contributed by atoms with van der Waals surface area (Å²) in [5.41, 5.74) is 1.94. The van der Waals surface area contributed by atoms with E-state index in [0.29, 0.717) is 16.7 Å². The number of benzene rings is 3. The Labute approximate surface area is 292 Å². The van der Waals surface area contributed by atoms with Gasteiger partial charge in [-0.25, -0.2) is 18.8 Å². The normalized spacial score (nSPS) is 10.6. The van der Waals surface area contributed by atoms with Crippen molar-refractivity contribution < 1.29 is 67.4 Å². The van der Waals surface area contributed by atoms with Crippen LogP contribution >= 0.6 is 0 Å². The quantitative estimate of drug-likeness (QED) is 0.0721. The zero-order chi connectivity index (χ0) is 37.3. The van der Waals surface area contributed by atoms with Gasteiger partial charge in [-0.1, -0.05) is 24.3 Å². The van der Waals surface area contributed by atoms with E-state index in [1.807, 2.05) is 0 Å². The first-order valence-corrected chi connectivity index (χ1v) is 16.1. The van der Waals surface area contributed by atoms with Crippen LogP contribution in [0.25, 0.3) is 0 Å². The molecule has 0 aliphatic carbocycles. The predicted octanol–water partition coefficient (Wildman–Crippen LogP) is 5.41. The van der Waals surface area contributed by atoms with Crippen molar-refractivity contribution in [1.29, 1.82) is 0 Å². The molecular weight excluding hydrogens is 671 g/mol. The van der Waals surface area contributed by atoms with E-state index >= 15 is 4.39 Å². The lowest BCUT2D eigenvalue weighted by Crippen LogP contribution is -2.15. The molecule has 0 aliphatic rings. The highest BCUT2D eigenvalue weighted by atomic mass is 19.1. The fourth-order valence-electron chi connectivity index (χ4n) is 5.00. The highest BCUT2D eigenvalue weighted by molar-refractivity contribution is 5.94. The van der Waals surface area contributed by atoms with Crippen LogP contribution in [0.2, 0.25) is 0 Å². The fraction of sp³-hybridized carbons (Fsp3) is 0.351. The molecule has 0 atom stereocenters. The number of carboxylic acids is 3. The number of carbonyl (C=O) groups excluding carboxylic acids is 3. The van der Waals surface area contributed by atoms with Gasteiger partial charge in [-0.3, -0.25) is 14.4 Å². The topological polar surface area (TPSA) is 200 Å². The maximum atomic E-state index is 15.1. The van der Waals surface area contributed by atoms with Crippen molar-refractivity contribution in [3.63, 3.8) is 0 Å². The van der Waals surface area contributed by atoms with E-state index in [-0.39, 0.29) is 106 Å². The molecule has 14 heteroatoms. The molecular formula is C37H39FO13. The summed E-state index contributed by atoms with van der Waals surface area (Å²) in [6, 6.07) is 13.4. The molecule has 3 aromatic carbocycles. The summed E-state index contributed by atoms with van der Waals surface area (Å²) < 4.78 is 36.7. The van der Waals surface area contributed by atoms with Crippen molar-refractivity contribution >= 4 is 35.8 Å². The van der Waals surface area contributed by atoms with E-state index in [2.05, 4.69) is 0 Å². The van der Waals surface area contributed by atoms with Gasteiger partial charge in [0, 0.05) is 32.1 Å². The number of carboxylic acid groups (broad SMARTS) is 3. The molecule has 272 valence electrons. The van der Waals surface area contributed by atoms with Crippen molar-refractivity contribution in [2.24, 2.45) is 0 Å². The van der Waals surface area contributed by atoms with Crippen LogP contribution in [0.1, 0.15) is 91.9 Å². The third-order valence-corrected chi connectivity index (χ3v) is 7.40. The minimum Gasteiger partial charge on any atom is -0.492 e. The fourth-order valence-corrected chi connectivity index (χ4v) is 5.00. The Morgan fingerprint density at radius 1 is 0.647 bits per heavy atom. The molecule has 0 fully saturated rings. The molecule has 0 heterocycles. The van der Waals surface area contributed by atoms with Gasteiger partial charge in [-0.05, 0) is 78.8 Å². The summed E-state index contributed by atoms with van der Waals surface area (Å²) in [5, 5.41) is 26.5. The number of hydrogen-bond donors (Lipinski definition) is 3. The first-order valence-electron chi connectivity index (χ1n) is 16.1. The summed E-state index contributed by atoms with van der Waals surface area (Å²) in [6.07, 6.45) is -0.0340. The van der Waals surface area contributed by atoms with E-state index in [9.17, 15) is 28.8 Å². The number of esters is 3. The monoisotopic (exact) mass is 710 g/mol. The van der Waals surface area contributed by atoms with Crippen LogP contribution in [0.4, 0.5) is 4.39 Å². The van der Waals surface area contributed by atoms with E-state index in [1.165, 1.54) is 18.2 Å². The highest BCUT2D eigenvalue weighted by Crippen LogP contribution is 2.25. The summed E-state index contributed by atoms with van der Waals surface area (Å²) >= 11 is 0. The Hall–Kier alpha value is -5.79. The zero-order valence-electron chi connectivity index (χ0n) is 28.0. The number of halogens is 1. The first kappa shape index (κ1) is 39.6. The average Bonchev–Trinajstić information content (AvgIpc) is 3.07. The molecule has 0 saturated heterocycles. The number of aliphatic carboxylic acids is 3. The van der Waals surface area contributed by atoms with Crippen LogP contribution in [0, 0.1) is 12.7 Å². The lowest BCUT2D eigenvalue weighted by atomic mass is 9.92. The first-order chi connectivity index (χ1) is 24.3. The van der Waals surface area contributed by atoms with E-state index < -0.39 is 41.6 Å². The van der Waals surface area contributed by atoms with Crippen molar-refractivity contribution in [1.82, 2.24) is 0 Å². The minimum absolute atomic E-state index is 0.0277. The Balaban J connectivity index is 1.82. The largest absolute Gasteiger partial charge is 0.492 e. The van der Waals surface area contributed by atoms with Gasteiger partial charge < -0.3 is 34.3 Å². The predicted molar refractivity (Wildman–Crippen MR) is 177 cm³/mol. The highest BCUT2D eigenvalue weighted by Gasteiger charge is 2.21. The number of aryl methyl sites for hydroxylation is 1. The number of ether oxygens (including phenoxy) is 4. The van der Waals surface area contributed by atoms with Crippen LogP contribution in [0.15, 0.2) is 54.6 Å². The molecule has 0 saturated carbocycles. The Morgan fingerprint density at radius 2 is 1.22 bits per heavy atom. The number of para-hydroxylation sites is 1. The van der Waals surface area contributed by atoms with Gasteiger partial charge in [-0.15, -0.1) is 0 Å². The molecule has 0 aromatic heterocycles. The zero-order valence-corrected chi connectivity index (χ0v) is 28.0. The van der Waals surface area contributed by atoms with Gasteiger partial charge in [0.2, 0.25) is 0 Å². The Bertz CT molecular complexity index is 1730. The summed E-state index contributed by atoms with van der Waals surface area (Å²) in [7, 11) is 0. The number of carbonyl (C=O) groups is 6. The van der Waals surface area contributed by atoms with Crippen LogP contribution in [-0.2, 0) is 41.4 Å². The second kappa shape index (κ2) is 20.0. The maximum Gasteiger partial charge on any atom is 0.341 e. The number of hydrogen-bond acceptors (Lipinski definition) is 10. The third-order valence-electron chi connectivity index (χ3n) is 7.40. The summed E-state index contributed by atoms with van der Waals surface area (Å²) in [5.74, 6) is -5.67. The second-order valence-electron chi connectivity index (χ2n) is 11.4. The Kier molecular flexibility index (Phi) is 15.6. The van der Waals surface area contributed by atoms with Crippen LogP contribution in [-0.4, -0.2) is 77.6 Å². The smallest absolute Gasteiger partial charge is 0.341 e. The Morgan fingerprint density at radius 3 is 1.82 bits per heavy atom. The maximum absolute atomic E-state index is 15.1. The standard InChI is InChI=1S/C37H39FO13/c1-23-19-24(14-18-48-30-8-3-2-7-28(30)36(46)50-16-5-10-32(41)42)20-27(34(23)37(47)51-17-6-11-33(43)44)22-26-21-25(12-13-29(26)38)35(45)49-15-4-9-31(39)40/h2-3,7-8,12-13,19-21H,4-6,9-11,14-18,22H2,1H3,(H,39,40)(H,41,42)(H,43,44). The molecule has 0 aliphatic heterocycles. The van der Waals surface area contributed by atoms with Crippen molar-refractivity contribution in [2.75, 3.05) is 26.4 Å². The second-order valence-corrected chi connectivity index (χ2v) is 11.4. The molecule has 0 spiro atoms. The van der Waals surface area contributed by atoms with Crippen LogP contribution in [0.3, 0.4) is 0 Å². The van der Waals surface area contributed by atoms with Gasteiger partial charge in [0.15, 0.2) is 0 Å². The van der Waals surface area contributed by atoms with Crippen LogP contribution < -0.4 is 4.74 Å². The molecule has 51 heavy (non-hydrogen) atoms. The minimum atomic E-state index is -1.04. The van der Waals surface area contributed by atoms with Gasteiger partial charge in [0.1, 0.15) is 17.1 Å². The number of rotatable bonds is 21. The molecule has 0 radical (unpaired) electrons. The lowest BCUT2D eigenvalue weighted by Gasteiger charge is -2.16. The van der Waals surface area contributed by atoms with Crippen molar-refractivity contribution in [2.45, 2.75) is 58.3 Å². The van der Waals surface area contributed by atoms with Crippen LogP contribution in [0.5, 0.6) is 5.75 Å². The van der Waals surface area contributed by atoms with E-state index in [0.717, 1.165) is 6.07 Å². The molecule has 3 rings (SSSR count). The van der Waals surface area contributed by atoms with Crippen molar-refractivity contribution in [3.8, 4) is 5.75 Å². The van der Waals surface area contributed by atoms with Gasteiger partial charge in [-0.2, -0.15) is 0 Å².